The molecule has 1 amide bonds. The van der Waals surface area contributed by atoms with Gasteiger partial charge in [-0.25, -0.2) is 12.7 Å². The number of fused-ring (bicyclic) bond motifs is 1. The van der Waals surface area contributed by atoms with Crippen LogP contribution in [0.1, 0.15) is 25.8 Å². The summed E-state index contributed by atoms with van der Waals surface area (Å²) in [6.45, 7) is 3.78. The number of carbonyl (C=O) groups is 1. The molecule has 1 saturated heterocycles. The largest absolute Gasteiger partial charge is 0.385 e. The Kier molecular flexibility index (Phi) is 2.44. The van der Waals surface area contributed by atoms with Crippen LogP contribution in [0.4, 0.5) is 11.4 Å². The molecule has 2 aliphatic rings. The molecule has 0 bridgehead atoms. The monoisotopic (exact) mass is 280 g/mol. The number of anilines is 2. The second-order valence-electron chi connectivity index (χ2n) is 5.42. The van der Waals surface area contributed by atoms with Crippen LogP contribution in [0.25, 0.3) is 0 Å². The van der Waals surface area contributed by atoms with Crippen LogP contribution in [0.15, 0.2) is 18.2 Å². The maximum atomic E-state index is 12.3. The van der Waals surface area contributed by atoms with Crippen LogP contribution in [0.5, 0.6) is 0 Å². The highest BCUT2D eigenvalue weighted by Crippen LogP contribution is 2.42. The zero-order valence-corrected chi connectivity index (χ0v) is 11.8. The lowest BCUT2D eigenvalue weighted by molar-refractivity contribution is -0.120. The van der Waals surface area contributed by atoms with E-state index in [4.69, 9.17) is 0 Å². The summed E-state index contributed by atoms with van der Waals surface area (Å²) in [5.74, 6) is -0.355. The van der Waals surface area contributed by atoms with Crippen molar-refractivity contribution >= 4 is 27.3 Å². The van der Waals surface area contributed by atoms with Crippen LogP contribution in [0.3, 0.4) is 0 Å². The Morgan fingerprint density at radius 1 is 1.32 bits per heavy atom. The Balaban J connectivity index is 2.13. The number of amides is 1. The molecule has 1 fully saturated rings. The maximum Gasteiger partial charge on any atom is 0.263 e. The minimum atomic E-state index is -3.58. The maximum absolute atomic E-state index is 12.3. The van der Waals surface area contributed by atoms with Crippen LogP contribution in [-0.4, -0.2) is 25.6 Å². The minimum Gasteiger partial charge on any atom is -0.385 e. The number of hydrogen-bond donors (Lipinski definition) is 1. The van der Waals surface area contributed by atoms with Crippen LogP contribution < -0.4 is 9.62 Å². The second kappa shape index (κ2) is 3.72. The lowest BCUT2D eigenvalue weighted by Gasteiger charge is -2.44. The summed E-state index contributed by atoms with van der Waals surface area (Å²) >= 11 is 0. The SMILES string of the molecule is CC1(C)C(=O)N(c2cccc3c2CCCN3)S1(=O)=O. The van der Waals surface area contributed by atoms with E-state index in [-0.39, 0.29) is 5.91 Å². The van der Waals surface area contributed by atoms with E-state index in [1.165, 1.54) is 13.8 Å². The summed E-state index contributed by atoms with van der Waals surface area (Å²) in [7, 11) is -3.58. The predicted molar refractivity (Wildman–Crippen MR) is 73.7 cm³/mol. The molecule has 19 heavy (non-hydrogen) atoms. The summed E-state index contributed by atoms with van der Waals surface area (Å²) < 4.78 is 24.2. The third kappa shape index (κ3) is 1.46. The Bertz CT molecular complexity index is 664. The number of sulfonamides is 1. The van der Waals surface area contributed by atoms with Gasteiger partial charge in [0, 0.05) is 17.8 Å². The van der Waals surface area contributed by atoms with Gasteiger partial charge in [0.25, 0.3) is 15.9 Å². The third-order valence-corrected chi connectivity index (χ3v) is 6.18. The van der Waals surface area contributed by atoms with Crippen molar-refractivity contribution in [3.05, 3.63) is 23.8 Å². The van der Waals surface area contributed by atoms with Gasteiger partial charge in [-0.3, -0.25) is 4.79 Å². The average Bonchev–Trinajstić information content (AvgIpc) is 2.38. The van der Waals surface area contributed by atoms with E-state index in [2.05, 4.69) is 5.32 Å². The van der Waals surface area contributed by atoms with Gasteiger partial charge in [-0.15, -0.1) is 0 Å². The average molecular weight is 280 g/mol. The van der Waals surface area contributed by atoms with E-state index in [1.807, 2.05) is 6.07 Å². The van der Waals surface area contributed by atoms with Crippen molar-refractivity contribution < 1.29 is 13.2 Å². The molecule has 102 valence electrons. The summed E-state index contributed by atoms with van der Waals surface area (Å²) in [4.78, 5) is 12.1. The molecule has 0 saturated carbocycles. The zero-order chi connectivity index (χ0) is 13.8. The highest BCUT2D eigenvalue weighted by Gasteiger charge is 2.61. The fourth-order valence-electron chi connectivity index (χ4n) is 2.57. The Morgan fingerprint density at radius 3 is 2.74 bits per heavy atom. The standard InChI is InChI=1S/C13H16N2O3S/c1-13(2)12(16)15(19(13,17)18)11-7-3-6-10-9(11)5-4-8-14-10/h3,6-7,14H,4-5,8H2,1-2H3. The molecular weight excluding hydrogens is 264 g/mol. The summed E-state index contributed by atoms with van der Waals surface area (Å²) in [5.41, 5.74) is 2.35. The zero-order valence-electron chi connectivity index (χ0n) is 10.9. The highest BCUT2D eigenvalue weighted by atomic mass is 32.2. The van der Waals surface area contributed by atoms with E-state index in [9.17, 15) is 13.2 Å². The first-order valence-corrected chi connectivity index (χ1v) is 7.76. The van der Waals surface area contributed by atoms with Crippen molar-refractivity contribution in [2.45, 2.75) is 31.4 Å². The smallest absolute Gasteiger partial charge is 0.263 e. The van der Waals surface area contributed by atoms with Gasteiger partial charge < -0.3 is 5.32 Å². The van der Waals surface area contributed by atoms with Gasteiger partial charge in [-0.1, -0.05) is 6.07 Å². The first-order chi connectivity index (χ1) is 8.87. The topological polar surface area (TPSA) is 66.5 Å². The quantitative estimate of drug-likeness (QED) is 0.846. The van der Waals surface area contributed by atoms with E-state index in [0.29, 0.717) is 5.69 Å². The van der Waals surface area contributed by atoms with Crippen molar-refractivity contribution in [3.63, 3.8) is 0 Å². The van der Waals surface area contributed by atoms with Crippen molar-refractivity contribution in [1.29, 1.82) is 0 Å². The molecule has 3 rings (SSSR count). The van der Waals surface area contributed by atoms with Crippen LogP contribution in [0, 0.1) is 0 Å². The summed E-state index contributed by atoms with van der Waals surface area (Å²) in [5, 5.41) is 3.24. The molecule has 2 heterocycles. The fourth-order valence-corrected chi connectivity index (χ4v) is 4.09. The molecular formula is C13H16N2O3S. The lowest BCUT2D eigenvalue weighted by Crippen LogP contribution is -2.67. The number of nitrogens with one attached hydrogen (secondary N) is 1. The first kappa shape index (κ1) is 12.5. The Hall–Kier alpha value is -1.56. The van der Waals surface area contributed by atoms with Crippen molar-refractivity contribution in [3.8, 4) is 0 Å². The first-order valence-electron chi connectivity index (χ1n) is 6.32. The molecule has 0 unspecified atom stereocenters. The van der Waals surface area contributed by atoms with Crippen molar-refractivity contribution in [1.82, 2.24) is 0 Å². The number of benzene rings is 1. The van der Waals surface area contributed by atoms with Crippen LogP contribution >= 0.6 is 0 Å². The fraction of sp³-hybridized carbons (Fsp3) is 0.462. The Morgan fingerprint density at radius 2 is 2.05 bits per heavy atom. The molecule has 0 atom stereocenters. The van der Waals surface area contributed by atoms with Crippen molar-refractivity contribution in [2.75, 3.05) is 16.2 Å². The number of nitrogens with zero attached hydrogens (tertiary/aromatic N) is 1. The second-order valence-corrected chi connectivity index (χ2v) is 7.75. The summed E-state index contributed by atoms with van der Waals surface area (Å²) in [6, 6.07) is 5.40. The Labute approximate surface area is 112 Å². The highest BCUT2D eigenvalue weighted by molar-refractivity contribution is 7.98. The lowest BCUT2D eigenvalue weighted by atomic mass is 10.0. The molecule has 6 heteroatoms. The van der Waals surface area contributed by atoms with Gasteiger partial charge in [-0.2, -0.15) is 0 Å². The van der Waals surface area contributed by atoms with E-state index < -0.39 is 14.8 Å². The van der Waals surface area contributed by atoms with Gasteiger partial charge in [0.15, 0.2) is 4.75 Å². The van der Waals surface area contributed by atoms with E-state index in [0.717, 1.165) is 34.9 Å². The predicted octanol–water partition coefficient (Wildman–Crippen LogP) is 1.50. The molecule has 2 aliphatic heterocycles. The van der Waals surface area contributed by atoms with Crippen LogP contribution in [-0.2, 0) is 21.2 Å². The van der Waals surface area contributed by atoms with E-state index in [1.54, 1.807) is 12.1 Å². The molecule has 0 aromatic heterocycles. The molecule has 0 aliphatic carbocycles. The molecule has 1 aromatic carbocycles. The normalized spacial score (nSPS) is 23.3. The number of hydrogen-bond acceptors (Lipinski definition) is 4. The van der Waals surface area contributed by atoms with Gasteiger partial charge >= 0.3 is 0 Å². The molecule has 5 nitrogen and oxygen atoms in total. The van der Waals surface area contributed by atoms with Gasteiger partial charge in [0.2, 0.25) is 0 Å². The van der Waals surface area contributed by atoms with Gasteiger partial charge in [-0.05, 0) is 38.8 Å². The van der Waals surface area contributed by atoms with Gasteiger partial charge in [0.05, 0.1) is 5.69 Å². The molecule has 0 radical (unpaired) electrons. The number of carbonyl (C=O) groups excluding carboxylic acids is 1. The third-order valence-electron chi connectivity index (χ3n) is 3.87. The van der Waals surface area contributed by atoms with Crippen molar-refractivity contribution in [2.24, 2.45) is 0 Å². The minimum absolute atomic E-state index is 0.355. The molecule has 1 N–H and O–H groups in total. The van der Waals surface area contributed by atoms with E-state index >= 15 is 0 Å². The number of rotatable bonds is 1. The summed E-state index contributed by atoms with van der Waals surface area (Å²) in [6.07, 6.45) is 1.73. The molecule has 0 spiro atoms. The van der Waals surface area contributed by atoms with Crippen LogP contribution in [0.2, 0.25) is 0 Å². The van der Waals surface area contributed by atoms with Gasteiger partial charge in [0.1, 0.15) is 0 Å². The molecule has 1 aromatic rings.